The number of ether oxygens (including phenoxy) is 2. The number of aromatic nitrogens is 3. The molecule has 0 spiro atoms. The number of benzene rings is 2. The molecule has 2 heterocycles. The quantitative estimate of drug-likeness (QED) is 0.173. The third-order valence-corrected chi connectivity index (χ3v) is 5.96. The maximum atomic E-state index is 12.5. The minimum Gasteiger partial charge on any atom is -0.486 e. The third kappa shape index (κ3) is 5.12. The van der Waals surface area contributed by atoms with Crippen molar-refractivity contribution >= 4 is 28.7 Å². The minimum absolute atomic E-state index is 0.225. The number of rotatable bonds is 10. The van der Waals surface area contributed by atoms with E-state index in [9.17, 15) is 4.79 Å². The Morgan fingerprint density at radius 3 is 2.85 bits per heavy atom. The van der Waals surface area contributed by atoms with Gasteiger partial charge in [0.1, 0.15) is 17.9 Å². The van der Waals surface area contributed by atoms with E-state index < -0.39 is 5.97 Å². The molecule has 2 aromatic carbocycles. The summed E-state index contributed by atoms with van der Waals surface area (Å²) in [7, 11) is 0. The summed E-state index contributed by atoms with van der Waals surface area (Å²) in [6.07, 6.45) is 1.79. The highest BCUT2D eigenvalue weighted by molar-refractivity contribution is 7.98. The van der Waals surface area contributed by atoms with Crippen LogP contribution in [0.3, 0.4) is 0 Å². The van der Waals surface area contributed by atoms with Crippen molar-refractivity contribution in [2.24, 2.45) is 0 Å². The molecular formula is C25H25N3O4S. The Morgan fingerprint density at radius 1 is 1.21 bits per heavy atom. The van der Waals surface area contributed by atoms with E-state index >= 15 is 0 Å². The molecule has 2 aromatic heterocycles. The van der Waals surface area contributed by atoms with E-state index in [1.165, 1.54) is 11.8 Å². The molecule has 0 bridgehead atoms. The number of hydrogen-bond acceptors (Lipinski definition) is 7. The van der Waals surface area contributed by atoms with Gasteiger partial charge in [-0.2, -0.15) is 0 Å². The van der Waals surface area contributed by atoms with Gasteiger partial charge >= 0.3 is 5.97 Å². The summed E-state index contributed by atoms with van der Waals surface area (Å²) < 4.78 is 18.9. The fraction of sp³-hybridized carbons (Fsp3) is 0.240. The van der Waals surface area contributed by atoms with E-state index in [1.807, 2.05) is 60.0 Å². The van der Waals surface area contributed by atoms with Gasteiger partial charge in [-0.1, -0.05) is 48.2 Å². The third-order valence-electron chi connectivity index (χ3n) is 4.97. The number of hydrogen-bond donors (Lipinski definition) is 0. The molecule has 0 amide bonds. The zero-order chi connectivity index (χ0) is 23.2. The van der Waals surface area contributed by atoms with E-state index in [0.29, 0.717) is 28.9 Å². The number of thioether (sulfide) groups is 1. The van der Waals surface area contributed by atoms with Crippen LogP contribution in [-0.4, -0.2) is 27.3 Å². The molecule has 0 saturated carbocycles. The van der Waals surface area contributed by atoms with Crippen LogP contribution in [0.5, 0.6) is 5.75 Å². The lowest BCUT2D eigenvalue weighted by atomic mass is 10.1. The molecule has 0 saturated heterocycles. The number of carbonyl (C=O) groups excluding carboxylic acids is 1. The predicted octanol–water partition coefficient (Wildman–Crippen LogP) is 5.57. The number of nitrogens with zero attached hydrogens (tertiary/aromatic N) is 3. The highest BCUT2D eigenvalue weighted by Gasteiger charge is 2.23. The molecule has 4 rings (SSSR count). The molecular weight excluding hydrogens is 438 g/mol. The monoisotopic (exact) mass is 463 g/mol. The lowest BCUT2D eigenvalue weighted by molar-refractivity contribution is 0.0491. The molecule has 7 nitrogen and oxygen atoms in total. The van der Waals surface area contributed by atoms with Gasteiger partial charge in [0.05, 0.1) is 6.61 Å². The van der Waals surface area contributed by atoms with Gasteiger partial charge in [-0.05, 0) is 37.6 Å². The normalized spacial score (nSPS) is 11.0. The largest absolute Gasteiger partial charge is 0.486 e. The fourth-order valence-electron chi connectivity index (χ4n) is 3.44. The van der Waals surface area contributed by atoms with Crippen molar-refractivity contribution in [1.29, 1.82) is 0 Å². The summed E-state index contributed by atoms with van der Waals surface area (Å²) >= 11 is 1.47. The topological polar surface area (TPSA) is 79.4 Å². The Bertz CT molecular complexity index is 1280. The van der Waals surface area contributed by atoms with Gasteiger partial charge in [-0.25, -0.2) is 4.79 Å². The summed E-state index contributed by atoms with van der Waals surface area (Å²) in [5.41, 5.74) is 2.55. The van der Waals surface area contributed by atoms with Crippen LogP contribution in [0, 0.1) is 6.92 Å². The van der Waals surface area contributed by atoms with Crippen LogP contribution in [0.15, 0.2) is 70.8 Å². The predicted molar refractivity (Wildman–Crippen MR) is 127 cm³/mol. The molecule has 0 aliphatic rings. The van der Waals surface area contributed by atoms with Gasteiger partial charge in [-0.3, -0.25) is 4.57 Å². The molecule has 4 aromatic rings. The first-order valence-electron chi connectivity index (χ1n) is 10.6. The summed E-state index contributed by atoms with van der Waals surface area (Å²) in [4.78, 5) is 12.5. The van der Waals surface area contributed by atoms with Gasteiger partial charge in [0.15, 0.2) is 11.0 Å². The molecule has 0 N–H and O–H groups in total. The van der Waals surface area contributed by atoms with Crippen molar-refractivity contribution in [1.82, 2.24) is 14.8 Å². The molecule has 8 heteroatoms. The number of carbonyl (C=O) groups is 1. The Hall–Kier alpha value is -3.52. The Balaban J connectivity index is 1.56. The Morgan fingerprint density at radius 2 is 2.06 bits per heavy atom. The maximum absolute atomic E-state index is 12.5. The van der Waals surface area contributed by atoms with Crippen molar-refractivity contribution in [3.8, 4) is 5.75 Å². The van der Waals surface area contributed by atoms with Crippen molar-refractivity contribution in [3.05, 3.63) is 83.9 Å². The first-order chi connectivity index (χ1) is 16.1. The van der Waals surface area contributed by atoms with Crippen molar-refractivity contribution in [2.75, 3.05) is 6.61 Å². The number of furan rings is 1. The van der Waals surface area contributed by atoms with Gasteiger partial charge < -0.3 is 13.9 Å². The summed E-state index contributed by atoms with van der Waals surface area (Å²) in [6.45, 7) is 8.75. The van der Waals surface area contributed by atoms with Crippen LogP contribution < -0.4 is 4.74 Å². The van der Waals surface area contributed by atoms with Gasteiger partial charge in [0, 0.05) is 23.2 Å². The summed E-state index contributed by atoms with van der Waals surface area (Å²) in [6, 6.07) is 15.4. The summed E-state index contributed by atoms with van der Waals surface area (Å²) in [5.74, 6) is 1.70. The average molecular weight is 464 g/mol. The van der Waals surface area contributed by atoms with Crippen LogP contribution in [-0.2, 0) is 23.6 Å². The van der Waals surface area contributed by atoms with E-state index in [4.69, 9.17) is 13.9 Å². The second-order valence-corrected chi connectivity index (χ2v) is 8.26. The zero-order valence-corrected chi connectivity index (χ0v) is 19.4. The maximum Gasteiger partial charge on any atom is 0.374 e. The van der Waals surface area contributed by atoms with Crippen LogP contribution >= 0.6 is 11.8 Å². The molecule has 0 radical (unpaired) electrons. The smallest absolute Gasteiger partial charge is 0.374 e. The number of aryl methyl sites for hydroxylation is 1. The van der Waals surface area contributed by atoms with E-state index in [-0.39, 0.29) is 19.0 Å². The Kier molecular flexibility index (Phi) is 7.14. The highest BCUT2D eigenvalue weighted by Crippen LogP contribution is 2.32. The van der Waals surface area contributed by atoms with Crippen molar-refractivity contribution < 1.29 is 18.7 Å². The zero-order valence-electron chi connectivity index (χ0n) is 18.6. The molecule has 33 heavy (non-hydrogen) atoms. The van der Waals surface area contributed by atoms with E-state index in [2.05, 4.69) is 16.8 Å². The van der Waals surface area contributed by atoms with E-state index in [0.717, 1.165) is 22.3 Å². The average Bonchev–Trinajstić information content (AvgIpc) is 3.38. The second kappa shape index (κ2) is 10.4. The molecule has 0 aliphatic heterocycles. The number of fused-ring (bicyclic) bond motifs is 1. The molecule has 0 unspecified atom stereocenters. The van der Waals surface area contributed by atoms with Gasteiger partial charge in [0.25, 0.3) is 0 Å². The first kappa shape index (κ1) is 22.7. The number of para-hydroxylation sites is 1. The second-order valence-electron chi connectivity index (χ2n) is 7.32. The van der Waals surface area contributed by atoms with Crippen molar-refractivity contribution in [2.45, 2.75) is 37.9 Å². The Labute approximate surface area is 196 Å². The number of allylic oxidation sites excluding steroid dienone is 1. The lowest BCUT2D eigenvalue weighted by Gasteiger charge is -2.09. The summed E-state index contributed by atoms with van der Waals surface area (Å²) in [5, 5.41) is 10.3. The van der Waals surface area contributed by atoms with Crippen LogP contribution in [0.1, 0.15) is 34.4 Å². The molecule has 0 atom stereocenters. The van der Waals surface area contributed by atoms with Gasteiger partial charge in [-0.15, -0.1) is 16.8 Å². The fourth-order valence-corrected chi connectivity index (χ4v) is 4.43. The SMILES string of the molecule is C=CCn1c(COc2cccc(C)c2)nnc1SCc1c(C(=O)OCC)oc2ccccc12. The first-order valence-corrected chi connectivity index (χ1v) is 11.6. The van der Waals surface area contributed by atoms with Gasteiger partial charge in [0.2, 0.25) is 5.76 Å². The van der Waals surface area contributed by atoms with E-state index in [1.54, 1.807) is 13.0 Å². The molecule has 0 fully saturated rings. The highest BCUT2D eigenvalue weighted by atomic mass is 32.2. The molecule has 170 valence electrons. The molecule has 0 aliphatic carbocycles. The van der Waals surface area contributed by atoms with Crippen LogP contribution in [0.4, 0.5) is 0 Å². The standard InChI is InChI=1S/C25H25N3O4S/c1-4-13-28-22(15-31-18-10-8-9-17(3)14-18)26-27-25(28)33-16-20-19-11-6-7-12-21(19)32-23(20)24(29)30-5-2/h4,6-12,14H,1,5,13,15-16H2,2-3H3. The van der Waals surface area contributed by atoms with Crippen LogP contribution in [0.2, 0.25) is 0 Å². The minimum atomic E-state index is -0.468. The van der Waals surface area contributed by atoms with Crippen LogP contribution in [0.25, 0.3) is 11.0 Å². The van der Waals surface area contributed by atoms with Crippen molar-refractivity contribution in [3.63, 3.8) is 0 Å². The lowest BCUT2D eigenvalue weighted by Crippen LogP contribution is -2.08. The number of esters is 1.